The summed E-state index contributed by atoms with van der Waals surface area (Å²) in [7, 11) is 1.19. The van der Waals surface area contributed by atoms with Crippen LogP contribution in [0.3, 0.4) is 0 Å². The van der Waals surface area contributed by atoms with Crippen LogP contribution in [-0.4, -0.2) is 41.9 Å². The van der Waals surface area contributed by atoms with Gasteiger partial charge in [0.1, 0.15) is 5.82 Å². The van der Waals surface area contributed by atoms with Gasteiger partial charge in [0.05, 0.1) is 6.54 Å². The number of halogens is 3. The Bertz CT molecular complexity index is 544. The van der Waals surface area contributed by atoms with Crippen LogP contribution in [0.25, 0.3) is 6.08 Å². The van der Waals surface area contributed by atoms with E-state index in [0.717, 1.165) is 23.1 Å². The zero-order valence-electron chi connectivity index (χ0n) is 10.5. The molecular formula is C13H12F3NO3. The van der Waals surface area contributed by atoms with E-state index in [4.69, 9.17) is 5.11 Å². The lowest BCUT2D eigenvalue weighted by Gasteiger charge is -2.16. The summed E-state index contributed by atoms with van der Waals surface area (Å²) in [6.45, 7) is -0.749. The minimum absolute atomic E-state index is 0.0135. The molecule has 0 aliphatic rings. The summed E-state index contributed by atoms with van der Waals surface area (Å²) < 4.78 is 37.9. The summed E-state index contributed by atoms with van der Waals surface area (Å²) in [4.78, 5) is 22.8. The van der Waals surface area contributed by atoms with Gasteiger partial charge in [0.2, 0.25) is 0 Å². The highest BCUT2D eigenvalue weighted by atomic mass is 19.3. The van der Waals surface area contributed by atoms with Gasteiger partial charge >= 0.3 is 5.97 Å². The van der Waals surface area contributed by atoms with E-state index in [1.54, 1.807) is 0 Å². The molecule has 1 aromatic rings. The number of carboxylic acid groups (broad SMARTS) is 1. The number of hydrogen-bond donors (Lipinski definition) is 1. The van der Waals surface area contributed by atoms with Crippen LogP contribution in [0.5, 0.6) is 0 Å². The van der Waals surface area contributed by atoms with Crippen molar-refractivity contribution in [2.75, 3.05) is 13.6 Å². The molecule has 0 heterocycles. The Labute approximate surface area is 113 Å². The van der Waals surface area contributed by atoms with E-state index in [1.807, 2.05) is 0 Å². The molecule has 4 nitrogen and oxygen atoms in total. The molecule has 1 rings (SSSR count). The first-order valence-electron chi connectivity index (χ1n) is 5.55. The Morgan fingerprint density at radius 1 is 1.40 bits per heavy atom. The minimum Gasteiger partial charge on any atom is -0.478 e. The van der Waals surface area contributed by atoms with Crippen LogP contribution in [0.15, 0.2) is 24.3 Å². The maximum atomic E-state index is 13.6. The second kappa shape index (κ2) is 6.74. The molecule has 7 heteroatoms. The summed E-state index contributed by atoms with van der Waals surface area (Å²) in [5.74, 6) is -2.78. The standard InChI is InChI=1S/C13H12F3NO3/c1-17(7-11(15)16)13(20)9-3-2-8(10(14)6-9)4-5-12(18)19/h2-6,11H,7H2,1H3,(H,18,19)/b5-4+. The lowest BCUT2D eigenvalue weighted by molar-refractivity contribution is -0.131. The van der Waals surface area contributed by atoms with Crippen molar-refractivity contribution in [2.24, 2.45) is 0 Å². The number of carbonyl (C=O) groups excluding carboxylic acids is 1. The number of benzene rings is 1. The van der Waals surface area contributed by atoms with Crippen molar-refractivity contribution in [3.05, 3.63) is 41.2 Å². The van der Waals surface area contributed by atoms with Crippen molar-refractivity contribution >= 4 is 18.0 Å². The van der Waals surface area contributed by atoms with Crippen molar-refractivity contribution in [1.82, 2.24) is 4.90 Å². The summed E-state index contributed by atoms with van der Waals surface area (Å²) in [5, 5.41) is 8.42. The molecule has 0 unspecified atom stereocenters. The Morgan fingerprint density at radius 2 is 2.05 bits per heavy atom. The molecule has 1 aromatic carbocycles. The molecule has 20 heavy (non-hydrogen) atoms. The monoisotopic (exact) mass is 287 g/mol. The normalized spacial score (nSPS) is 11.1. The largest absolute Gasteiger partial charge is 0.478 e. The van der Waals surface area contributed by atoms with E-state index in [1.165, 1.54) is 19.2 Å². The van der Waals surface area contributed by atoms with E-state index >= 15 is 0 Å². The number of nitrogens with zero attached hydrogens (tertiary/aromatic N) is 1. The fraction of sp³-hybridized carbons (Fsp3) is 0.231. The molecule has 0 aliphatic heterocycles. The average Bonchev–Trinajstić information content (AvgIpc) is 2.35. The molecule has 0 aromatic heterocycles. The van der Waals surface area contributed by atoms with Gasteiger partial charge in [-0.1, -0.05) is 6.07 Å². The molecule has 0 saturated carbocycles. The Balaban J connectivity index is 2.91. The topological polar surface area (TPSA) is 57.6 Å². The van der Waals surface area contributed by atoms with Gasteiger partial charge in [0, 0.05) is 24.3 Å². The summed E-state index contributed by atoms with van der Waals surface area (Å²) in [6, 6.07) is 3.33. The second-order valence-electron chi connectivity index (χ2n) is 3.98. The van der Waals surface area contributed by atoms with Gasteiger partial charge in [-0.2, -0.15) is 0 Å². The molecule has 0 bridgehead atoms. The highest BCUT2D eigenvalue weighted by Gasteiger charge is 2.16. The number of amides is 1. The first kappa shape index (κ1) is 15.7. The lowest BCUT2D eigenvalue weighted by Crippen LogP contribution is -2.31. The molecular weight excluding hydrogens is 275 g/mol. The molecule has 0 saturated heterocycles. The van der Waals surface area contributed by atoms with Gasteiger partial charge < -0.3 is 10.0 Å². The highest BCUT2D eigenvalue weighted by Crippen LogP contribution is 2.14. The fourth-order valence-corrected chi connectivity index (χ4v) is 1.47. The van der Waals surface area contributed by atoms with Gasteiger partial charge in [-0.15, -0.1) is 0 Å². The Kier molecular flexibility index (Phi) is 5.31. The molecule has 1 amide bonds. The molecule has 0 aliphatic carbocycles. The minimum atomic E-state index is -2.67. The number of rotatable bonds is 5. The van der Waals surface area contributed by atoms with E-state index < -0.39 is 30.7 Å². The molecule has 1 N–H and O–H groups in total. The molecule has 0 spiro atoms. The maximum Gasteiger partial charge on any atom is 0.328 e. The van der Waals surface area contributed by atoms with E-state index in [2.05, 4.69) is 0 Å². The van der Waals surface area contributed by atoms with Gasteiger partial charge in [0.25, 0.3) is 12.3 Å². The average molecular weight is 287 g/mol. The second-order valence-corrected chi connectivity index (χ2v) is 3.98. The number of alkyl halides is 2. The van der Waals surface area contributed by atoms with E-state index in [9.17, 15) is 22.8 Å². The van der Waals surface area contributed by atoms with Gasteiger partial charge in [0.15, 0.2) is 0 Å². The zero-order chi connectivity index (χ0) is 15.3. The van der Waals surface area contributed by atoms with Crippen LogP contribution in [0, 0.1) is 5.82 Å². The van der Waals surface area contributed by atoms with E-state index in [-0.39, 0.29) is 11.1 Å². The molecule has 108 valence electrons. The fourth-order valence-electron chi connectivity index (χ4n) is 1.47. The van der Waals surface area contributed by atoms with Crippen LogP contribution in [0.2, 0.25) is 0 Å². The first-order valence-corrected chi connectivity index (χ1v) is 5.55. The van der Waals surface area contributed by atoms with Crippen LogP contribution in [-0.2, 0) is 4.79 Å². The maximum absolute atomic E-state index is 13.6. The highest BCUT2D eigenvalue weighted by molar-refractivity contribution is 5.94. The van der Waals surface area contributed by atoms with Crippen LogP contribution in [0.1, 0.15) is 15.9 Å². The van der Waals surface area contributed by atoms with Crippen molar-refractivity contribution in [3.8, 4) is 0 Å². The zero-order valence-corrected chi connectivity index (χ0v) is 10.5. The predicted octanol–water partition coefficient (Wildman–Crippen LogP) is 2.26. The number of hydrogen-bond acceptors (Lipinski definition) is 2. The number of aliphatic carboxylic acids is 1. The molecule has 0 atom stereocenters. The number of carbonyl (C=O) groups is 2. The lowest BCUT2D eigenvalue weighted by atomic mass is 10.1. The van der Waals surface area contributed by atoms with Gasteiger partial charge in [-0.05, 0) is 18.2 Å². The Morgan fingerprint density at radius 3 is 2.55 bits per heavy atom. The summed E-state index contributed by atoms with van der Waals surface area (Å²) >= 11 is 0. The summed E-state index contributed by atoms with van der Waals surface area (Å²) in [6.07, 6.45) is -0.885. The van der Waals surface area contributed by atoms with Crippen LogP contribution >= 0.6 is 0 Å². The number of carboxylic acids is 1. The van der Waals surface area contributed by atoms with Crippen molar-refractivity contribution < 1.29 is 27.9 Å². The third-order valence-corrected chi connectivity index (χ3v) is 2.41. The quantitative estimate of drug-likeness (QED) is 0.845. The van der Waals surface area contributed by atoms with Crippen molar-refractivity contribution in [1.29, 1.82) is 0 Å². The van der Waals surface area contributed by atoms with Crippen molar-refractivity contribution in [3.63, 3.8) is 0 Å². The van der Waals surface area contributed by atoms with Crippen LogP contribution < -0.4 is 0 Å². The Hall–Kier alpha value is -2.31. The van der Waals surface area contributed by atoms with Gasteiger partial charge in [-0.25, -0.2) is 18.0 Å². The first-order chi connectivity index (χ1) is 9.31. The molecule has 0 fully saturated rings. The summed E-state index contributed by atoms with van der Waals surface area (Å²) in [5.41, 5.74) is -0.0985. The van der Waals surface area contributed by atoms with Gasteiger partial charge in [-0.3, -0.25) is 4.79 Å². The van der Waals surface area contributed by atoms with Crippen molar-refractivity contribution in [2.45, 2.75) is 6.43 Å². The third-order valence-electron chi connectivity index (χ3n) is 2.41. The third kappa shape index (κ3) is 4.42. The SMILES string of the molecule is CN(CC(F)F)C(=O)c1ccc(/C=C/C(=O)O)c(F)c1. The molecule has 0 radical (unpaired) electrons. The predicted molar refractivity (Wildman–Crippen MR) is 66.0 cm³/mol. The van der Waals surface area contributed by atoms with Crippen LogP contribution in [0.4, 0.5) is 13.2 Å². The van der Waals surface area contributed by atoms with E-state index in [0.29, 0.717) is 0 Å². The smallest absolute Gasteiger partial charge is 0.328 e.